The van der Waals surface area contributed by atoms with Gasteiger partial charge in [-0.05, 0) is 66.9 Å². The third-order valence-electron chi connectivity index (χ3n) is 7.41. The van der Waals surface area contributed by atoms with Crippen molar-refractivity contribution in [1.82, 2.24) is 20.4 Å². The molecule has 2 heterocycles. The van der Waals surface area contributed by atoms with Crippen molar-refractivity contribution in [3.05, 3.63) is 104 Å². The van der Waals surface area contributed by atoms with Crippen molar-refractivity contribution in [1.29, 1.82) is 0 Å². The van der Waals surface area contributed by atoms with E-state index in [0.29, 0.717) is 10.0 Å². The van der Waals surface area contributed by atoms with Crippen LogP contribution in [0.25, 0.3) is 0 Å². The molecule has 2 N–H and O–H groups in total. The molecule has 3 aromatic carbocycles. The smallest absolute Gasteiger partial charge is 0.262 e. The van der Waals surface area contributed by atoms with Gasteiger partial charge in [0.1, 0.15) is 6.04 Å². The van der Waals surface area contributed by atoms with Crippen LogP contribution in [0.1, 0.15) is 60.6 Å². The number of halogens is 2. The molecule has 42 heavy (non-hydrogen) atoms. The third kappa shape index (κ3) is 6.38. The Morgan fingerprint density at radius 1 is 0.952 bits per heavy atom. The van der Waals surface area contributed by atoms with Gasteiger partial charge in [-0.2, -0.15) is 0 Å². The minimum absolute atomic E-state index is 0.0365. The highest BCUT2D eigenvalue weighted by Crippen LogP contribution is 2.28. The van der Waals surface area contributed by atoms with Crippen LogP contribution in [0.5, 0.6) is 0 Å². The van der Waals surface area contributed by atoms with Gasteiger partial charge < -0.3 is 10.2 Å². The fraction of sp³-hybridized carbons (Fsp3) is 0.258. The molecule has 0 radical (unpaired) electrons. The topological polar surface area (TPSA) is 116 Å². The van der Waals surface area contributed by atoms with Crippen LogP contribution in [0.4, 0.5) is 0 Å². The van der Waals surface area contributed by atoms with Gasteiger partial charge in [0.2, 0.25) is 11.8 Å². The molecule has 1 atom stereocenters. The summed E-state index contributed by atoms with van der Waals surface area (Å²) in [6, 6.07) is 16.6. The highest BCUT2D eigenvalue weighted by Gasteiger charge is 2.44. The fourth-order valence-electron chi connectivity index (χ4n) is 5.09. The first-order valence-electron chi connectivity index (χ1n) is 13.4. The van der Waals surface area contributed by atoms with Gasteiger partial charge in [-0.3, -0.25) is 34.2 Å². The molecule has 216 valence electrons. The van der Waals surface area contributed by atoms with E-state index in [0.717, 1.165) is 41.1 Å². The normalized spacial score (nSPS) is 16.6. The molecule has 3 aromatic rings. The first kappa shape index (κ1) is 29.4. The van der Waals surface area contributed by atoms with Crippen LogP contribution >= 0.6 is 23.2 Å². The molecule has 2 aliphatic heterocycles. The number of hydrogen-bond acceptors (Lipinski definition) is 6. The molecule has 1 unspecified atom stereocenters. The van der Waals surface area contributed by atoms with Crippen molar-refractivity contribution in [2.45, 2.75) is 38.4 Å². The van der Waals surface area contributed by atoms with Crippen LogP contribution in [0.15, 0.2) is 60.7 Å². The maximum atomic E-state index is 13.0. The van der Waals surface area contributed by atoms with E-state index in [2.05, 4.69) is 15.5 Å². The van der Waals surface area contributed by atoms with Gasteiger partial charge in [-0.15, -0.1) is 0 Å². The van der Waals surface area contributed by atoms with Crippen molar-refractivity contribution >= 4 is 52.7 Å². The van der Waals surface area contributed by atoms with Gasteiger partial charge in [0, 0.05) is 41.7 Å². The number of nitrogens with zero attached hydrogens (tertiary/aromatic N) is 2. The van der Waals surface area contributed by atoms with Gasteiger partial charge >= 0.3 is 0 Å². The van der Waals surface area contributed by atoms with E-state index < -0.39 is 35.6 Å². The number of fused-ring (bicyclic) bond motifs is 1. The summed E-state index contributed by atoms with van der Waals surface area (Å²) >= 11 is 12.3. The number of benzene rings is 3. The predicted octanol–water partition coefficient (Wildman–Crippen LogP) is 4.00. The van der Waals surface area contributed by atoms with Gasteiger partial charge in [0.15, 0.2) is 0 Å². The number of likely N-dealkylation sites (N-methyl/N-ethyl adjacent to an activating group) is 1. The number of imide groups is 2. The Morgan fingerprint density at radius 3 is 2.38 bits per heavy atom. The molecule has 0 aliphatic carbocycles. The van der Waals surface area contributed by atoms with Crippen LogP contribution in [0, 0.1) is 0 Å². The van der Waals surface area contributed by atoms with Gasteiger partial charge in [-0.25, -0.2) is 0 Å². The monoisotopic (exact) mass is 606 g/mol. The van der Waals surface area contributed by atoms with E-state index in [4.69, 9.17) is 23.2 Å². The molecule has 1 saturated heterocycles. The second-order valence-corrected chi connectivity index (χ2v) is 11.3. The van der Waals surface area contributed by atoms with Crippen molar-refractivity contribution in [3.8, 4) is 0 Å². The first-order valence-corrected chi connectivity index (χ1v) is 14.2. The minimum Gasteiger partial charge on any atom is -0.348 e. The number of carbonyl (C=O) groups excluding carboxylic acids is 5. The van der Waals surface area contributed by atoms with Crippen LogP contribution in [-0.2, 0) is 29.1 Å². The molecule has 11 heteroatoms. The summed E-state index contributed by atoms with van der Waals surface area (Å²) in [5, 5.41) is 6.29. The van der Waals surface area contributed by atoms with E-state index >= 15 is 0 Å². The molecule has 0 spiro atoms. The number of amides is 5. The van der Waals surface area contributed by atoms with Gasteiger partial charge in [0.25, 0.3) is 17.7 Å². The second kappa shape index (κ2) is 12.4. The Bertz CT molecular complexity index is 1590. The van der Waals surface area contributed by atoms with Gasteiger partial charge in [-0.1, -0.05) is 53.5 Å². The van der Waals surface area contributed by atoms with Crippen molar-refractivity contribution in [2.24, 2.45) is 0 Å². The first-order chi connectivity index (χ1) is 20.1. The van der Waals surface area contributed by atoms with E-state index in [-0.39, 0.29) is 36.1 Å². The number of hydrogen-bond donors (Lipinski definition) is 2. The van der Waals surface area contributed by atoms with Crippen molar-refractivity contribution in [2.75, 3.05) is 13.6 Å². The molecular formula is C31H28Cl2N4O5. The molecular weight excluding hydrogens is 579 g/mol. The highest BCUT2D eigenvalue weighted by atomic mass is 35.5. The fourth-order valence-corrected chi connectivity index (χ4v) is 5.59. The second-order valence-electron chi connectivity index (χ2n) is 10.4. The minimum atomic E-state index is -1.06. The van der Waals surface area contributed by atoms with Crippen LogP contribution in [0.3, 0.4) is 0 Å². The number of nitrogens with one attached hydrogen (secondary N) is 2. The number of carbonyl (C=O) groups is 5. The summed E-state index contributed by atoms with van der Waals surface area (Å²) in [6.07, 6.45) is 0.902. The maximum absolute atomic E-state index is 13.0. The average molecular weight is 607 g/mol. The zero-order chi connectivity index (χ0) is 30.0. The third-order valence-corrected chi connectivity index (χ3v) is 8.00. The van der Waals surface area contributed by atoms with Crippen LogP contribution < -0.4 is 10.6 Å². The number of rotatable bonds is 9. The number of piperidine rings is 1. The standard InChI is InChI=1S/C31H28Cl2N4O5/c1-36(13-12-20-6-8-22(32)15-25(20)33)17-19-4-2-18(3-5-19)16-34-28(39)21-7-9-23-24(14-21)31(42)37(30(23)41)26-10-11-27(38)35-29(26)40/h2-9,14-15,26H,10-13,16-17H2,1H3,(H,34,39)(H,35,38,40). The summed E-state index contributed by atoms with van der Waals surface area (Å²) in [4.78, 5) is 65.6. The van der Waals surface area contributed by atoms with E-state index in [1.54, 1.807) is 6.07 Å². The lowest BCUT2D eigenvalue weighted by atomic mass is 10.0. The summed E-state index contributed by atoms with van der Waals surface area (Å²) in [6.45, 7) is 1.84. The Balaban J connectivity index is 1.14. The molecule has 0 bridgehead atoms. The van der Waals surface area contributed by atoms with Crippen molar-refractivity contribution in [3.63, 3.8) is 0 Å². The van der Waals surface area contributed by atoms with E-state index in [9.17, 15) is 24.0 Å². The zero-order valence-electron chi connectivity index (χ0n) is 22.8. The predicted molar refractivity (Wildman–Crippen MR) is 157 cm³/mol. The van der Waals surface area contributed by atoms with E-state index in [1.807, 2.05) is 43.4 Å². The Morgan fingerprint density at radius 2 is 1.67 bits per heavy atom. The molecule has 9 nitrogen and oxygen atoms in total. The summed E-state index contributed by atoms with van der Waals surface area (Å²) in [5.74, 6) is -2.79. The molecule has 0 aromatic heterocycles. The SMILES string of the molecule is CN(CCc1ccc(Cl)cc1Cl)Cc1ccc(CNC(=O)c2ccc3c(c2)C(=O)N(C2CCC(=O)NC2=O)C3=O)cc1. The van der Waals surface area contributed by atoms with E-state index in [1.165, 1.54) is 18.2 Å². The molecule has 2 aliphatic rings. The Labute approximate surface area is 252 Å². The Hall–Kier alpha value is -4.05. The lowest BCUT2D eigenvalue weighted by Gasteiger charge is -2.27. The molecule has 5 rings (SSSR count). The average Bonchev–Trinajstić information content (AvgIpc) is 3.21. The molecule has 5 amide bonds. The van der Waals surface area contributed by atoms with Crippen LogP contribution in [0.2, 0.25) is 10.0 Å². The largest absolute Gasteiger partial charge is 0.348 e. The summed E-state index contributed by atoms with van der Waals surface area (Å²) in [7, 11) is 2.04. The zero-order valence-corrected chi connectivity index (χ0v) is 24.3. The van der Waals surface area contributed by atoms with Crippen molar-refractivity contribution < 1.29 is 24.0 Å². The quantitative estimate of drug-likeness (QED) is 0.356. The summed E-state index contributed by atoms with van der Waals surface area (Å²) in [5.41, 5.74) is 3.47. The molecule has 1 fully saturated rings. The Kier molecular flexibility index (Phi) is 8.72. The van der Waals surface area contributed by atoms with Crippen LogP contribution in [-0.4, -0.2) is 59.0 Å². The lowest BCUT2D eigenvalue weighted by molar-refractivity contribution is -0.136. The summed E-state index contributed by atoms with van der Waals surface area (Å²) < 4.78 is 0. The molecule has 0 saturated carbocycles. The highest BCUT2D eigenvalue weighted by molar-refractivity contribution is 6.35. The van der Waals surface area contributed by atoms with Gasteiger partial charge in [0.05, 0.1) is 11.1 Å². The lowest BCUT2D eigenvalue weighted by Crippen LogP contribution is -2.54. The maximum Gasteiger partial charge on any atom is 0.262 e.